The second kappa shape index (κ2) is 9.09. The maximum atomic E-state index is 9.03. The lowest BCUT2D eigenvalue weighted by Crippen LogP contribution is -2.10. The van der Waals surface area contributed by atoms with Gasteiger partial charge in [0, 0.05) is 5.56 Å². The van der Waals surface area contributed by atoms with Gasteiger partial charge in [0.2, 0.25) is 0 Å². The van der Waals surface area contributed by atoms with Gasteiger partial charge in [0.15, 0.2) is 0 Å². The van der Waals surface area contributed by atoms with E-state index < -0.39 is 0 Å². The van der Waals surface area contributed by atoms with Crippen LogP contribution in [0.15, 0.2) is 52.1 Å². The topological polar surface area (TPSA) is 54.6 Å². The molecule has 0 aromatic heterocycles. The molecule has 2 rings (SSSR count). The van der Waals surface area contributed by atoms with Gasteiger partial charge in [0.25, 0.3) is 0 Å². The average molecular weight is 387 g/mol. The maximum Gasteiger partial charge on any atom is 0.143 e. The highest BCUT2D eigenvalue weighted by Gasteiger charge is 2.06. The first kappa shape index (κ1) is 18.0. The number of hydrogen-bond acceptors (Lipinski definition) is 4. The Morgan fingerprint density at radius 1 is 1.29 bits per heavy atom. The molecule has 0 saturated carbocycles. The van der Waals surface area contributed by atoms with Gasteiger partial charge in [-0.2, -0.15) is 5.26 Å². The molecule has 0 N–H and O–H groups in total. The molecule has 0 spiro atoms. The van der Waals surface area contributed by atoms with E-state index in [1.54, 1.807) is 12.3 Å². The lowest BCUT2D eigenvalue weighted by Gasteiger charge is -2.14. The molecule has 1 atom stereocenters. The first-order valence-electron chi connectivity index (χ1n) is 7.73. The molecule has 24 heavy (non-hydrogen) atoms. The molecule has 0 aliphatic rings. The third-order valence-electron chi connectivity index (χ3n) is 3.49. The van der Waals surface area contributed by atoms with E-state index in [-0.39, 0.29) is 12.7 Å². The van der Waals surface area contributed by atoms with E-state index in [4.69, 9.17) is 14.8 Å². The van der Waals surface area contributed by atoms with Crippen molar-refractivity contribution < 1.29 is 9.57 Å². The van der Waals surface area contributed by atoms with Crippen LogP contribution in [-0.2, 0) is 11.4 Å². The highest BCUT2D eigenvalue weighted by atomic mass is 79.9. The Bertz CT molecular complexity index is 753. The van der Waals surface area contributed by atoms with Gasteiger partial charge < -0.3 is 9.57 Å². The summed E-state index contributed by atoms with van der Waals surface area (Å²) in [5, 5.41) is 13.0. The largest absolute Gasteiger partial charge is 0.490 e. The minimum atomic E-state index is 0.171. The highest BCUT2D eigenvalue weighted by molar-refractivity contribution is 9.10. The van der Waals surface area contributed by atoms with E-state index in [9.17, 15) is 0 Å². The van der Waals surface area contributed by atoms with Gasteiger partial charge in [-0.3, -0.25) is 0 Å². The Balaban J connectivity index is 1.95. The van der Waals surface area contributed by atoms with Gasteiger partial charge in [-0.05, 0) is 59.1 Å². The molecule has 0 heterocycles. The molecular formula is C19H19BrN2O2. The van der Waals surface area contributed by atoms with Crippen LogP contribution in [0.4, 0.5) is 0 Å². The number of nitrogens with zero attached hydrogens (tertiary/aromatic N) is 2. The van der Waals surface area contributed by atoms with E-state index in [2.05, 4.69) is 34.1 Å². The van der Waals surface area contributed by atoms with Crippen molar-refractivity contribution >= 4 is 22.1 Å². The Morgan fingerprint density at radius 3 is 2.79 bits per heavy atom. The molecule has 0 saturated heterocycles. The van der Waals surface area contributed by atoms with Crippen LogP contribution in [0.3, 0.4) is 0 Å². The van der Waals surface area contributed by atoms with E-state index in [1.165, 1.54) is 0 Å². The average Bonchev–Trinajstić information content (AvgIpc) is 2.61. The van der Waals surface area contributed by atoms with Gasteiger partial charge >= 0.3 is 0 Å². The number of oxime groups is 1. The van der Waals surface area contributed by atoms with E-state index in [0.29, 0.717) is 5.56 Å². The van der Waals surface area contributed by atoms with Crippen molar-refractivity contribution in [3.8, 4) is 11.8 Å². The fraction of sp³-hybridized carbons (Fsp3) is 0.263. The Labute approximate surface area is 150 Å². The lowest BCUT2D eigenvalue weighted by atomic mass is 10.1. The Hall–Kier alpha value is -2.32. The summed E-state index contributed by atoms with van der Waals surface area (Å²) in [6.45, 7) is 4.38. The summed E-state index contributed by atoms with van der Waals surface area (Å²) in [7, 11) is 0. The van der Waals surface area contributed by atoms with Crippen LogP contribution in [0, 0.1) is 11.3 Å². The normalized spacial score (nSPS) is 11.9. The van der Waals surface area contributed by atoms with Crippen molar-refractivity contribution in [3.05, 3.63) is 63.6 Å². The SMILES string of the molecule is CC[C@@H](C)Oc1ccc(/C=N\OCc2ccccc2C#N)cc1Br. The van der Waals surface area contributed by atoms with Gasteiger partial charge in [-0.15, -0.1) is 0 Å². The maximum absolute atomic E-state index is 9.03. The van der Waals surface area contributed by atoms with Crippen LogP contribution in [-0.4, -0.2) is 12.3 Å². The zero-order valence-corrected chi connectivity index (χ0v) is 15.3. The highest BCUT2D eigenvalue weighted by Crippen LogP contribution is 2.26. The van der Waals surface area contributed by atoms with Crippen molar-refractivity contribution in [2.45, 2.75) is 33.0 Å². The van der Waals surface area contributed by atoms with Gasteiger partial charge in [0.1, 0.15) is 12.4 Å². The molecule has 0 bridgehead atoms. The molecule has 0 aliphatic heterocycles. The molecule has 0 amide bonds. The van der Waals surface area contributed by atoms with Crippen LogP contribution >= 0.6 is 15.9 Å². The summed E-state index contributed by atoms with van der Waals surface area (Å²) in [5.41, 5.74) is 2.31. The third-order valence-corrected chi connectivity index (χ3v) is 4.11. The standard InChI is InChI=1S/C19H19BrN2O2/c1-3-14(2)24-19-9-8-15(10-18(19)20)12-22-23-13-17-7-5-4-6-16(17)11-21/h4-10,12,14H,3,13H2,1-2H3/b22-12-/t14-/m1/s1. The second-order valence-corrected chi connectivity index (χ2v) is 6.16. The van der Waals surface area contributed by atoms with E-state index in [0.717, 1.165) is 27.8 Å². The fourth-order valence-corrected chi connectivity index (χ4v) is 2.44. The summed E-state index contributed by atoms with van der Waals surface area (Å²) in [5.74, 6) is 0.811. The van der Waals surface area contributed by atoms with Crippen LogP contribution in [0.5, 0.6) is 5.75 Å². The summed E-state index contributed by atoms with van der Waals surface area (Å²) < 4.78 is 6.68. The summed E-state index contributed by atoms with van der Waals surface area (Å²) in [6.07, 6.45) is 2.75. The minimum Gasteiger partial charge on any atom is -0.490 e. The minimum absolute atomic E-state index is 0.171. The van der Waals surface area contributed by atoms with Gasteiger partial charge in [-0.25, -0.2) is 0 Å². The molecule has 0 radical (unpaired) electrons. The number of benzene rings is 2. The third kappa shape index (κ3) is 5.10. The van der Waals surface area contributed by atoms with Crippen LogP contribution < -0.4 is 4.74 Å². The number of halogens is 1. The molecule has 5 heteroatoms. The van der Waals surface area contributed by atoms with E-state index in [1.807, 2.05) is 43.3 Å². The molecule has 0 aliphatic carbocycles. The quantitative estimate of drug-likeness (QED) is 0.494. The molecular weight excluding hydrogens is 368 g/mol. The molecule has 2 aromatic carbocycles. The smallest absolute Gasteiger partial charge is 0.143 e. The van der Waals surface area contributed by atoms with Crippen molar-refractivity contribution in [2.24, 2.45) is 5.16 Å². The molecule has 4 nitrogen and oxygen atoms in total. The Morgan fingerprint density at radius 2 is 2.08 bits per heavy atom. The number of ether oxygens (including phenoxy) is 1. The monoisotopic (exact) mass is 386 g/mol. The fourth-order valence-electron chi connectivity index (χ4n) is 1.95. The second-order valence-electron chi connectivity index (χ2n) is 5.30. The molecule has 2 aromatic rings. The Kier molecular flexibility index (Phi) is 6.83. The van der Waals surface area contributed by atoms with Crippen molar-refractivity contribution in [2.75, 3.05) is 0 Å². The van der Waals surface area contributed by atoms with Crippen molar-refractivity contribution in [1.82, 2.24) is 0 Å². The number of nitriles is 1. The zero-order chi connectivity index (χ0) is 17.4. The lowest BCUT2D eigenvalue weighted by molar-refractivity contribution is 0.132. The number of rotatable bonds is 7. The first-order chi connectivity index (χ1) is 11.6. The number of hydrogen-bond donors (Lipinski definition) is 0. The predicted molar refractivity (Wildman–Crippen MR) is 98.1 cm³/mol. The van der Waals surface area contributed by atoms with Crippen LogP contribution in [0.2, 0.25) is 0 Å². The van der Waals surface area contributed by atoms with Crippen LogP contribution in [0.1, 0.15) is 37.0 Å². The summed E-state index contributed by atoms with van der Waals surface area (Å²) in [4.78, 5) is 5.29. The van der Waals surface area contributed by atoms with Crippen LogP contribution in [0.25, 0.3) is 0 Å². The van der Waals surface area contributed by atoms with Crippen molar-refractivity contribution in [1.29, 1.82) is 5.26 Å². The van der Waals surface area contributed by atoms with E-state index >= 15 is 0 Å². The first-order valence-corrected chi connectivity index (χ1v) is 8.53. The van der Waals surface area contributed by atoms with Crippen molar-refractivity contribution in [3.63, 3.8) is 0 Å². The molecule has 0 unspecified atom stereocenters. The molecule has 124 valence electrons. The summed E-state index contributed by atoms with van der Waals surface area (Å²) >= 11 is 3.51. The molecule has 0 fully saturated rings. The van der Waals surface area contributed by atoms with Gasteiger partial charge in [-0.1, -0.05) is 30.3 Å². The summed E-state index contributed by atoms with van der Waals surface area (Å²) in [6, 6.07) is 15.2. The van der Waals surface area contributed by atoms with Gasteiger partial charge in [0.05, 0.1) is 28.4 Å². The predicted octanol–water partition coefficient (Wildman–Crippen LogP) is 5.05. The zero-order valence-electron chi connectivity index (χ0n) is 13.7.